The number of aryl methyl sites for hydroxylation is 1. The lowest BCUT2D eigenvalue weighted by molar-refractivity contribution is -0.389. The molecule has 0 aliphatic heterocycles. The second-order valence-electron chi connectivity index (χ2n) is 3.47. The quantitative estimate of drug-likeness (QED) is 0.526. The Balaban J connectivity index is 2.51. The predicted molar refractivity (Wildman–Crippen MR) is 71.2 cm³/mol. The fourth-order valence-corrected chi connectivity index (χ4v) is 2.54. The molecule has 0 aromatic carbocycles. The van der Waals surface area contributed by atoms with Crippen LogP contribution >= 0.6 is 23.4 Å². The van der Waals surface area contributed by atoms with E-state index in [2.05, 4.69) is 15.0 Å². The molecule has 2 rings (SSSR count). The van der Waals surface area contributed by atoms with Gasteiger partial charge in [0.25, 0.3) is 0 Å². The molecule has 7 nitrogen and oxygen atoms in total. The second-order valence-corrected chi connectivity index (χ2v) is 4.86. The fraction of sp³-hybridized carbons (Fsp3) is 0.100. The normalized spacial score (nSPS) is 10.4. The number of nitro groups is 1. The number of halogens is 1. The van der Waals surface area contributed by atoms with Crippen molar-refractivity contribution in [3.63, 3.8) is 0 Å². The number of hydrogen-bond donors (Lipinski definition) is 1. The third-order valence-electron chi connectivity index (χ3n) is 2.14. The van der Waals surface area contributed by atoms with Gasteiger partial charge in [-0.25, -0.2) is 9.97 Å². The van der Waals surface area contributed by atoms with Gasteiger partial charge in [0.15, 0.2) is 5.03 Å². The molecule has 0 amide bonds. The first-order valence-electron chi connectivity index (χ1n) is 5.06. The Hall–Kier alpha value is -1.93. The third-order valence-corrected chi connectivity index (χ3v) is 3.56. The maximum atomic E-state index is 11.0. The van der Waals surface area contributed by atoms with Gasteiger partial charge in [-0.1, -0.05) is 11.6 Å². The van der Waals surface area contributed by atoms with E-state index in [0.29, 0.717) is 10.0 Å². The number of nitrogen functional groups attached to an aromatic ring is 1. The van der Waals surface area contributed by atoms with Crippen molar-refractivity contribution in [3.8, 4) is 0 Å². The van der Waals surface area contributed by atoms with Crippen LogP contribution in [-0.4, -0.2) is 19.9 Å². The van der Waals surface area contributed by atoms with Crippen molar-refractivity contribution < 1.29 is 4.92 Å². The molecule has 0 aliphatic carbocycles. The zero-order chi connectivity index (χ0) is 14.0. The van der Waals surface area contributed by atoms with Crippen LogP contribution in [-0.2, 0) is 0 Å². The molecule has 0 aliphatic rings. The van der Waals surface area contributed by atoms with E-state index in [4.69, 9.17) is 17.3 Å². The van der Waals surface area contributed by atoms with Gasteiger partial charge in [0.05, 0.1) is 9.95 Å². The molecule has 2 aromatic heterocycles. The number of anilines is 1. The Morgan fingerprint density at radius 3 is 2.79 bits per heavy atom. The second kappa shape index (κ2) is 5.37. The Labute approximate surface area is 117 Å². The summed E-state index contributed by atoms with van der Waals surface area (Å²) in [6.07, 6.45) is 1.54. The lowest BCUT2D eigenvalue weighted by atomic mass is 10.4. The molecule has 2 aromatic rings. The lowest BCUT2D eigenvalue weighted by Gasteiger charge is -2.05. The molecule has 0 atom stereocenters. The highest BCUT2D eigenvalue weighted by Crippen LogP contribution is 2.36. The van der Waals surface area contributed by atoms with Gasteiger partial charge in [-0.2, -0.15) is 4.98 Å². The summed E-state index contributed by atoms with van der Waals surface area (Å²) in [5.74, 6) is -0.0300. The molecule has 2 heterocycles. The Morgan fingerprint density at radius 2 is 2.16 bits per heavy atom. The van der Waals surface area contributed by atoms with E-state index in [-0.39, 0.29) is 22.4 Å². The fourth-order valence-electron chi connectivity index (χ4n) is 1.38. The van der Waals surface area contributed by atoms with E-state index in [9.17, 15) is 10.1 Å². The molecule has 19 heavy (non-hydrogen) atoms. The highest BCUT2D eigenvalue weighted by Gasteiger charge is 2.23. The predicted octanol–water partition coefficient (Wildman–Crippen LogP) is 2.48. The van der Waals surface area contributed by atoms with Crippen molar-refractivity contribution in [1.29, 1.82) is 0 Å². The average molecular weight is 298 g/mol. The van der Waals surface area contributed by atoms with Crippen LogP contribution in [0.3, 0.4) is 0 Å². The van der Waals surface area contributed by atoms with Crippen LogP contribution in [0.25, 0.3) is 0 Å². The SMILES string of the molecule is Cc1nc(N)nc(Sc2ncccc2Cl)c1[N+](=O)[O-]. The summed E-state index contributed by atoms with van der Waals surface area (Å²) in [6.45, 7) is 1.50. The first-order chi connectivity index (χ1) is 8.99. The van der Waals surface area contributed by atoms with Gasteiger partial charge >= 0.3 is 5.69 Å². The Morgan fingerprint density at radius 1 is 1.42 bits per heavy atom. The summed E-state index contributed by atoms with van der Waals surface area (Å²) in [6, 6.07) is 3.31. The molecule has 2 N–H and O–H groups in total. The molecule has 9 heteroatoms. The summed E-state index contributed by atoms with van der Waals surface area (Å²) >= 11 is 6.94. The topological polar surface area (TPSA) is 108 Å². The molecule has 0 fully saturated rings. The summed E-state index contributed by atoms with van der Waals surface area (Å²) in [4.78, 5) is 22.2. The van der Waals surface area contributed by atoms with Gasteiger partial charge in [-0.05, 0) is 30.8 Å². The highest BCUT2D eigenvalue weighted by molar-refractivity contribution is 7.99. The standard InChI is InChI=1S/C10H8ClN5O2S/c1-5-7(16(17)18)9(15-10(12)14-5)19-8-6(11)3-2-4-13-8/h2-4H,1H3,(H2,12,14,15). The number of hydrogen-bond acceptors (Lipinski definition) is 7. The maximum absolute atomic E-state index is 11.0. The van der Waals surface area contributed by atoms with Crippen LogP contribution < -0.4 is 5.73 Å². The third kappa shape index (κ3) is 2.91. The van der Waals surface area contributed by atoms with E-state index in [1.165, 1.54) is 13.1 Å². The van der Waals surface area contributed by atoms with Crippen LogP contribution in [0.5, 0.6) is 0 Å². The first-order valence-corrected chi connectivity index (χ1v) is 6.25. The number of nitrogens with zero attached hydrogens (tertiary/aromatic N) is 4. The van der Waals surface area contributed by atoms with Crippen LogP contribution in [0.2, 0.25) is 5.02 Å². The van der Waals surface area contributed by atoms with Gasteiger partial charge < -0.3 is 5.73 Å². The largest absolute Gasteiger partial charge is 0.368 e. The smallest absolute Gasteiger partial charge is 0.322 e. The van der Waals surface area contributed by atoms with E-state index < -0.39 is 4.92 Å². The van der Waals surface area contributed by atoms with Crippen molar-refractivity contribution in [1.82, 2.24) is 15.0 Å². The van der Waals surface area contributed by atoms with Crippen molar-refractivity contribution >= 4 is 35.0 Å². The molecule has 0 unspecified atom stereocenters. The van der Waals surface area contributed by atoms with Crippen molar-refractivity contribution in [3.05, 3.63) is 39.2 Å². The molecular formula is C10H8ClN5O2S. The average Bonchev–Trinajstić information content (AvgIpc) is 2.30. The first kappa shape index (κ1) is 13.5. The molecule has 0 saturated heterocycles. The number of aromatic nitrogens is 3. The van der Waals surface area contributed by atoms with E-state index in [1.807, 2.05) is 0 Å². The number of rotatable bonds is 3. The summed E-state index contributed by atoms with van der Waals surface area (Å²) in [5, 5.41) is 12.0. The van der Waals surface area contributed by atoms with Crippen LogP contribution in [0.15, 0.2) is 28.4 Å². The lowest BCUT2D eigenvalue weighted by Crippen LogP contribution is -2.04. The Bertz CT molecular complexity index is 652. The summed E-state index contributed by atoms with van der Waals surface area (Å²) in [7, 11) is 0. The van der Waals surface area contributed by atoms with Gasteiger partial charge in [0.2, 0.25) is 5.95 Å². The van der Waals surface area contributed by atoms with Gasteiger partial charge in [-0.3, -0.25) is 10.1 Å². The van der Waals surface area contributed by atoms with E-state index >= 15 is 0 Å². The van der Waals surface area contributed by atoms with Crippen molar-refractivity contribution in [2.24, 2.45) is 0 Å². The van der Waals surface area contributed by atoms with Crippen molar-refractivity contribution in [2.45, 2.75) is 17.0 Å². The number of nitrogens with two attached hydrogens (primary N) is 1. The minimum absolute atomic E-state index is 0.0300. The van der Waals surface area contributed by atoms with Crippen molar-refractivity contribution in [2.75, 3.05) is 5.73 Å². The Kier molecular flexibility index (Phi) is 3.82. The zero-order valence-electron chi connectivity index (χ0n) is 9.70. The van der Waals surface area contributed by atoms with Gasteiger partial charge in [0, 0.05) is 6.20 Å². The van der Waals surface area contributed by atoms with Gasteiger partial charge in [0.1, 0.15) is 10.7 Å². The minimum atomic E-state index is -0.548. The van der Waals surface area contributed by atoms with E-state index in [0.717, 1.165) is 11.8 Å². The van der Waals surface area contributed by atoms with Gasteiger partial charge in [-0.15, -0.1) is 0 Å². The van der Waals surface area contributed by atoms with Crippen LogP contribution in [0.1, 0.15) is 5.69 Å². The monoisotopic (exact) mass is 297 g/mol. The maximum Gasteiger partial charge on any atom is 0.322 e. The molecule has 0 spiro atoms. The van der Waals surface area contributed by atoms with E-state index in [1.54, 1.807) is 12.1 Å². The molecular weight excluding hydrogens is 290 g/mol. The molecule has 0 saturated carbocycles. The summed E-state index contributed by atoms with van der Waals surface area (Å²) in [5.41, 5.74) is 5.52. The highest BCUT2D eigenvalue weighted by atomic mass is 35.5. The van der Waals surface area contributed by atoms with Crippen LogP contribution in [0.4, 0.5) is 11.6 Å². The summed E-state index contributed by atoms with van der Waals surface area (Å²) < 4.78 is 0. The molecule has 0 radical (unpaired) electrons. The molecule has 98 valence electrons. The molecule has 0 bridgehead atoms. The number of pyridine rings is 1. The minimum Gasteiger partial charge on any atom is -0.368 e. The zero-order valence-corrected chi connectivity index (χ0v) is 11.3. The van der Waals surface area contributed by atoms with Crippen LogP contribution in [0, 0.1) is 17.0 Å².